The quantitative estimate of drug-likeness (QED) is 0.707. The van der Waals surface area contributed by atoms with Gasteiger partial charge in [0, 0.05) is 12.4 Å². The average molecular weight is 223 g/mol. The van der Waals surface area contributed by atoms with Crippen molar-refractivity contribution in [2.24, 2.45) is 0 Å². The van der Waals surface area contributed by atoms with Crippen LogP contribution < -0.4 is 11.1 Å². The first-order chi connectivity index (χ1) is 7.16. The van der Waals surface area contributed by atoms with E-state index in [4.69, 9.17) is 5.73 Å². The number of amides is 1. The zero-order chi connectivity index (χ0) is 10.8. The Morgan fingerprint density at radius 3 is 3.00 bits per heavy atom. The molecule has 7 heteroatoms. The number of anilines is 2. The lowest BCUT2D eigenvalue weighted by molar-refractivity contribution is 0.102. The first-order valence-electron chi connectivity index (χ1n) is 4.20. The van der Waals surface area contributed by atoms with E-state index in [0.29, 0.717) is 21.7 Å². The van der Waals surface area contributed by atoms with Crippen LogP contribution >= 0.6 is 11.3 Å². The number of imidazole rings is 1. The zero-order valence-corrected chi connectivity index (χ0v) is 8.76. The normalized spacial score (nSPS) is 10.2. The van der Waals surface area contributed by atoms with Crippen molar-refractivity contribution in [2.75, 3.05) is 11.1 Å². The molecule has 0 aliphatic carbocycles. The van der Waals surface area contributed by atoms with Crippen LogP contribution in [0.1, 0.15) is 15.4 Å². The summed E-state index contributed by atoms with van der Waals surface area (Å²) in [7, 11) is 0. The summed E-state index contributed by atoms with van der Waals surface area (Å²) in [5, 5.41) is 2.99. The first-order valence-corrected chi connectivity index (χ1v) is 5.02. The van der Waals surface area contributed by atoms with Gasteiger partial charge >= 0.3 is 0 Å². The summed E-state index contributed by atoms with van der Waals surface area (Å²) in [6.45, 7) is 1.74. The smallest absolute Gasteiger partial charge is 0.270 e. The van der Waals surface area contributed by atoms with Crippen LogP contribution in [-0.4, -0.2) is 20.9 Å². The number of nitrogens with zero attached hydrogens (tertiary/aromatic N) is 2. The summed E-state index contributed by atoms with van der Waals surface area (Å²) in [6, 6.07) is 0. The number of aryl methyl sites for hydroxylation is 1. The summed E-state index contributed by atoms with van der Waals surface area (Å²) >= 11 is 1.16. The third kappa shape index (κ3) is 1.96. The summed E-state index contributed by atoms with van der Waals surface area (Å²) in [4.78, 5) is 22.8. The van der Waals surface area contributed by atoms with Crippen LogP contribution in [0.5, 0.6) is 0 Å². The second-order valence-corrected chi connectivity index (χ2v) is 3.89. The number of carbonyl (C=O) groups excluding carboxylic acids is 1. The maximum absolute atomic E-state index is 11.7. The summed E-state index contributed by atoms with van der Waals surface area (Å²) in [5.41, 5.74) is 6.12. The van der Waals surface area contributed by atoms with Crippen LogP contribution in [-0.2, 0) is 0 Å². The fraction of sp³-hybridized carbons (Fsp3) is 0.125. The Kier molecular flexibility index (Phi) is 2.38. The maximum Gasteiger partial charge on any atom is 0.270 e. The van der Waals surface area contributed by atoms with Crippen LogP contribution in [0.3, 0.4) is 0 Å². The molecule has 1 amide bonds. The lowest BCUT2D eigenvalue weighted by Gasteiger charge is -1.98. The van der Waals surface area contributed by atoms with E-state index in [1.165, 1.54) is 0 Å². The molecule has 2 aromatic heterocycles. The van der Waals surface area contributed by atoms with E-state index in [0.717, 1.165) is 11.3 Å². The van der Waals surface area contributed by atoms with Gasteiger partial charge in [0.25, 0.3) is 5.91 Å². The molecular formula is C8H9N5OS. The second kappa shape index (κ2) is 3.70. The SMILES string of the molecule is Cc1nc(N)sc1C(=O)Nc1ncc[nH]1. The molecule has 4 N–H and O–H groups in total. The van der Waals surface area contributed by atoms with Gasteiger partial charge in [-0.2, -0.15) is 0 Å². The van der Waals surface area contributed by atoms with Crippen molar-refractivity contribution in [3.63, 3.8) is 0 Å². The molecule has 0 saturated carbocycles. The van der Waals surface area contributed by atoms with E-state index >= 15 is 0 Å². The Morgan fingerprint density at radius 2 is 2.47 bits per heavy atom. The van der Waals surface area contributed by atoms with Crippen molar-refractivity contribution in [2.45, 2.75) is 6.92 Å². The number of H-pyrrole nitrogens is 1. The van der Waals surface area contributed by atoms with Gasteiger partial charge in [-0.15, -0.1) is 0 Å². The lowest BCUT2D eigenvalue weighted by Crippen LogP contribution is -2.12. The first kappa shape index (κ1) is 9.66. The predicted octanol–water partition coefficient (Wildman–Crippen LogP) is 1.01. The minimum Gasteiger partial charge on any atom is -0.375 e. The van der Waals surface area contributed by atoms with Crippen LogP contribution in [0, 0.1) is 6.92 Å². The van der Waals surface area contributed by atoms with Crippen LogP contribution in [0.15, 0.2) is 12.4 Å². The van der Waals surface area contributed by atoms with Gasteiger partial charge in [-0.3, -0.25) is 10.1 Å². The highest BCUT2D eigenvalue weighted by atomic mass is 32.1. The zero-order valence-electron chi connectivity index (χ0n) is 7.94. The molecule has 78 valence electrons. The molecule has 0 atom stereocenters. The molecule has 0 saturated heterocycles. The van der Waals surface area contributed by atoms with E-state index in [1.54, 1.807) is 19.3 Å². The predicted molar refractivity (Wildman–Crippen MR) is 57.8 cm³/mol. The standard InChI is InChI=1S/C8H9N5OS/c1-4-5(15-7(9)12-4)6(14)13-8-10-2-3-11-8/h2-3H,1H3,(H2,9,12)(H2,10,11,13,14). The van der Waals surface area contributed by atoms with Gasteiger partial charge in [0.1, 0.15) is 4.88 Å². The van der Waals surface area contributed by atoms with E-state index in [-0.39, 0.29) is 5.91 Å². The molecule has 6 nitrogen and oxygen atoms in total. The molecule has 0 spiro atoms. The molecule has 0 aliphatic rings. The molecule has 2 heterocycles. The van der Waals surface area contributed by atoms with Gasteiger partial charge in [0.15, 0.2) is 5.13 Å². The fourth-order valence-electron chi connectivity index (χ4n) is 1.13. The van der Waals surface area contributed by atoms with Gasteiger partial charge in [-0.05, 0) is 6.92 Å². The molecule has 0 aliphatic heterocycles. The van der Waals surface area contributed by atoms with Crippen LogP contribution in [0.4, 0.5) is 11.1 Å². The Bertz CT molecular complexity index is 475. The minimum atomic E-state index is -0.253. The number of nitrogens with two attached hydrogens (primary N) is 1. The highest BCUT2D eigenvalue weighted by Crippen LogP contribution is 2.20. The van der Waals surface area contributed by atoms with Crippen LogP contribution in [0.25, 0.3) is 0 Å². The van der Waals surface area contributed by atoms with Crippen molar-refractivity contribution in [1.82, 2.24) is 15.0 Å². The second-order valence-electron chi connectivity index (χ2n) is 2.86. The van der Waals surface area contributed by atoms with E-state index in [1.807, 2.05) is 0 Å². The van der Waals surface area contributed by atoms with E-state index in [2.05, 4.69) is 20.3 Å². The largest absolute Gasteiger partial charge is 0.375 e. The number of nitrogens with one attached hydrogen (secondary N) is 2. The minimum absolute atomic E-state index is 0.253. The number of thiazole rings is 1. The molecule has 15 heavy (non-hydrogen) atoms. The molecule has 0 radical (unpaired) electrons. The average Bonchev–Trinajstić information content (AvgIpc) is 2.75. The van der Waals surface area contributed by atoms with Crippen molar-refractivity contribution < 1.29 is 4.79 Å². The molecule has 0 unspecified atom stereocenters. The lowest BCUT2D eigenvalue weighted by atomic mass is 10.4. The van der Waals surface area contributed by atoms with Gasteiger partial charge in [-0.25, -0.2) is 9.97 Å². The number of aromatic nitrogens is 3. The summed E-state index contributed by atoms with van der Waals surface area (Å²) in [5.74, 6) is 0.156. The number of carbonyl (C=O) groups is 1. The Hall–Kier alpha value is -1.89. The van der Waals surface area contributed by atoms with Gasteiger partial charge in [0.2, 0.25) is 5.95 Å². The Balaban J connectivity index is 2.18. The third-order valence-electron chi connectivity index (χ3n) is 1.75. The number of nitrogen functional groups attached to an aromatic ring is 1. The van der Waals surface area contributed by atoms with Crippen molar-refractivity contribution in [1.29, 1.82) is 0 Å². The maximum atomic E-state index is 11.7. The Morgan fingerprint density at radius 1 is 1.67 bits per heavy atom. The molecule has 2 aromatic rings. The highest BCUT2D eigenvalue weighted by Gasteiger charge is 2.14. The number of rotatable bonds is 2. The highest BCUT2D eigenvalue weighted by molar-refractivity contribution is 7.17. The van der Waals surface area contributed by atoms with Gasteiger partial charge < -0.3 is 10.7 Å². The van der Waals surface area contributed by atoms with E-state index in [9.17, 15) is 4.79 Å². The monoisotopic (exact) mass is 223 g/mol. The van der Waals surface area contributed by atoms with Crippen LogP contribution in [0.2, 0.25) is 0 Å². The van der Waals surface area contributed by atoms with Crippen molar-refractivity contribution >= 4 is 28.3 Å². The number of hydrogen-bond donors (Lipinski definition) is 3. The summed E-state index contributed by atoms with van der Waals surface area (Å²) in [6.07, 6.45) is 3.19. The number of hydrogen-bond acceptors (Lipinski definition) is 5. The molecule has 2 rings (SSSR count). The molecule has 0 bridgehead atoms. The summed E-state index contributed by atoms with van der Waals surface area (Å²) < 4.78 is 0. The number of aromatic amines is 1. The topological polar surface area (TPSA) is 96.7 Å². The molecule has 0 aromatic carbocycles. The van der Waals surface area contributed by atoms with Crippen molar-refractivity contribution in [3.05, 3.63) is 23.0 Å². The molecule has 0 fully saturated rings. The fourth-order valence-corrected chi connectivity index (χ4v) is 1.85. The van der Waals surface area contributed by atoms with Crippen molar-refractivity contribution in [3.8, 4) is 0 Å². The van der Waals surface area contributed by atoms with Gasteiger partial charge in [-0.1, -0.05) is 11.3 Å². The third-order valence-corrected chi connectivity index (χ3v) is 2.73. The van der Waals surface area contributed by atoms with Gasteiger partial charge in [0.05, 0.1) is 5.69 Å². The Labute approximate surface area is 89.6 Å². The molecular weight excluding hydrogens is 214 g/mol. The van der Waals surface area contributed by atoms with E-state index < -0.39 is 0 Å².